The van der Waals surface area contributed by atoms with E-state index in [0.717, 1.165) is 29.2 Å². The molecule has 0 radical (unpaired) electrons. The largest absolute Gasteiger partial charge is 0.388 e. The van der Waals surface area contributed by atoms with Gasteiger partial charge in [-0.1, -0.05) is 34.6 Å². The van der Waals surface area contributed by atoms with E-state index in [1.165, 1.54) is 5.69 Å². The third-order valence-corrected chi connectivity index (χ3v) is 5.08. The van der Waals surface area contributed by atoms with Crippen molar-refractivity contribution in [3.63, 3.8) is 0 Å². The molecule has 114 valence electrons. The number of aromatic nitrogens is 2. The first-order chi connectivity index (χ1) is 9.67. The maximum absolute atomic E-state index is 10.4. The summed E-state index contributed by atoms with van der Waals surface area (Å²) in [5.74, 6) is 0. The number of thiazole rings is 1. The minimum absolute atomic E-state index is 0.0702. The number of nitrogens with zero attached hydrogens (tertiary/aromatic N) is 2. The zero-order chi connectivity index (χ0) is 15.4. The molecule has 0 aromatic carbocycles. The van der Waals surface area contributed by atoms with E-state index in [1.807, 2.05) is 6.07 Å². The third-order valence-electron chi connectivity index (χ3n) is 4.24. The first kappa shape index (κ1) is 14.8. The van der Waals surface area contributed by atoms with Crippen molar-refractivity contribution >= 4 is 11.3 Å². The Kier molecular flexibility index (Phi) is 3.30. The van der Waals surface area contributed by atoms with Gasteiger partial charge in [-0.3, -0.25) is 4.57 Å². The highest BCUT2D eigenvalue weighted by atomic mass is 32.1. The molecular formula is C17H24N2OS. The molecule has 0 fully saturated rings. The molecule has 3 nitrogen and oxygen atoms in total. The first-order valence-electron chi connectivity index (χ1n) is 7.52. The Morgan fingerprint density at radius 3 is 2.71 bits per heavy atom. The second-order valence-corrected chi connectivity index (χ2v) is 8.75. The summed E-state index contributed by atoms with van der Waals surface area (Å²) in [7, 11) is 0. The summed E-state index contributed by atoms with van der Waals surface area (Å²) in [6, 6.07) is 2.05. The van der Waals surface area contributed by atoms with Gasteiger partial charge in [0.2, 0.25) is 0 Å². The summed E-state index contributed by atoms with van der Waals surface area (Å²) in [6.07, 6.45) is 3.51. The fourth-order valence-electron chi connectivity index (χ4n) is 3.03. The average molecular weight is 304 g/mol. The number of aliphatic hydroxyl groups is 1. The van der Waals surface area contributed by atoms with E-state index in [1.54, 1.807) is 11.3 Å². The molecule has 21 heavy (non-hydrogen) atoms. The van der Waals surface area contributed by atoms with E-state index in [4.69, 9.17) is 4.98 Å². The topological polar surface area (TPSA) is 38.0 Å². The van der Waals surface area contributed by atoms with Crippen LogP contribution in [0.2, 0.25) is 0 Å². The average Bonchev–Trinajstić information content (AvgIpc) is 2.91. The summed E-state index contributed by atoms with van der Waals surface area (Å²) in [4.78, 5) is 4.80. The normalized spacial score (nSPS) is 21.3. The number of rotatable bonds is 1. The van der Waals surface area contributed by atoms with Crippen molar-refractivity contribution in [3.05, 3.63) is 34.6 Å². The van der Waals surface area contributed by atoms with Gasteiger partial charge < -0.3 is 5.11 Å². The minimum Gasteiger partial charge on any atom is -0.388 e. The molecule has 3 rings (SSSR count). The molecular weight excluding hydrogens is 280 g/mol. The van der Waals surface area contributed by atoms with E-state index in [0.29, 0.717) is 0 Å². The molecule has 0 bridgehead atoms. The van der Waals surface area contributed by atoms with Gasteiger partial charge in [-0.2, -0.15) is 0 Å². The molecule has 4 heteroatoms. The van der Waals surface area contributed by atoms with Crippen LogP contribution in [0.3, 0.4) is 0 Å². The van der Waals surface area contributed by atoms with Crippen molar-refractivity contribution in [2.24, 2.45) is 5.41 Å². The van der Waals surface area contributed by atoms with E-state index >= 15 is 0 Å². The van der Waals surface area contributed by atoms with Crippen LogP contribution in [0.4, 0.5) is 0 Å². The summed E-state index contributed by atoms with van der Waals surface area (Å²) >= 11 is 1.68. The lowest BCUT2D eigenvalue weighted by molar-refractivity contribution is 0.0987. The van der Waals surface area contributed by atoms with E-state index < -0.39 is 0 Å². The highest BCUT2D eigenvalue weighted by Crippen LogP contribution is 2.42. The zero-order valence-corrected chi connectivity index (χ0v) is 14.3. The lowest BCUT2D eigenvalue weighted by Crippen LogP contribution is -2.26. The Morgan fingerprint density at radius 2 is 2.10 bits per heavy atom. The van der Waals surface area contributed by atoms with Crippen LogP contribution in [0.25, 0.3) is 5.13 Å². The fraction of sp³-hybridized carbons (Fsp3) is 0.588. The van der Waals surface area contributed by atoms with Gasteiger partial charge in [0.15, 0.2) is 5.13 Å². The molecule has 0 saturated carbocycles. The minimum atomic E-state index is -0.355. The standard InChI is InChI=1S/C17H24N2OS/c1-16(2,3)14-10-21-15(18-14)19-7-6-11-12(19)8-17(4,5)9-13(11)20/h6-7,10,13,20H,8-9H2,1-5H3. The predicted octanol–water partition coefficient (Wildman–Crippen LogP) is 4.24. The van der Waals surface area contributed by atoms with Crippen LogP contribution in [0, 0.1) is 5.41 Å². The van der Waals surface area contributed by atoms with Gasteiger partial charge in [-0.15, -0.1) is 11.3 Å². The molecule has 1 unspecified atom stereocenters. The Hall–Kier alpha value is -1.13. The van der Waals surface area contributed by atoms with Crippen LogP contribution in [-0.2, 0) is 11.8 Å². The maximum Gasteiger partial charge on any atom is 0.193 e. The molecule has 2 aromatic heterocycles. The lowest BCUT2D eigenvalue weighted by Gasteiger charge is -2.33. The van der Waals surface area contributed by atoms with E-state index in [9.17, 15) is 5.11 Å². The molecule has 0 spiro atoms. The molecule has 2 aromatic rings. The van der Waals surface area contributed by atoms with Gasteiger partial charge in [-0.05, 0) is 24.3 Å². The Labute approximate surface area is 130 Å². The third kappa shape index (κ3) is 2.67. The molecule has 1 aliphatic carbocycles. The van der Waals surface area contributed by atoms with Crippen molar-refractivity contribution in [2.45, 2.75) is 59.0 Å². The van der Waals surface area contributed by atoms with Crippen molar-refractivity contribution in [3.8, 4) is 5.13 Å². The highest BCUT2D eigenvalue weighted by molar-refractivity contribution is 7.12. The number of hydrogen-bond acceptors (Lipinski definition) is 3. The Morgan fingerprint density at radius 1 is 1.38 bits per heavy atom. The molecule has 2 heterocycles. The monoisotopic (exact) mass is 304 g/mol. The molecule has 0 aliphatic heterocycles. The van der Waals surface area contributed by atoms with Crippen molar-refractivity contribution < 1.29 is 5.11 Å². The summed E-state index contributed by atoms with van der Waals surface area (Å²) < 4.78 is 2.17. The number of hydrogen-bond donors (Lipinski definition) is 1. The van der Waals surface area contributed by atoms with Gasteiger partial charge in [0.1, 0.15) is 0 Å². The predicted molar refractivity (Wildman–Crippen MR) is 87.2 cm³/mol. The Bertz CT molecular complexity index is 661. The molecule has 1 atom stereocenters. The fourth-order valence-corrected chi connectivity index (χ4v) is 4.09. The van der Waals surface area contributed by atoms with Crippen LogP contribution in [0.1, 0.15) is 64.1 Å². The second kappa shape index (κ2) is 4.68. The van der Waals surface area contributed by atoms with Gasteiger partial charge in [0, 0.05) is 28.2 Å². The van der Waals surface area contributed by atoms with Crippen molar-refractivity contribution in [2.75, 3.05) is 0 Å². The van der Waals surface area contributed by atoms with Crippen LogP contribution >= 0.6 is 11.3 Å². The molecule has 1 aliphatic rings. The van der Waals surface area contributed by atoms with Crippen molar-refractivity contribution in [1.29, 1.82) is 0 Å². The second-order valence-electron chi connectivity index (χ2n) is 7.91. The summed E-state index contributed by atoms with van der Waals surface area (Å²) in [5, 5.41) is 13.5. The van der Waals surface area contributed by atoms with E-state index in [-0.39, 0.29) is 16.9 Å². The SMILES string of the molecule is CC1(C)Cc2c(ccn2-c2nc(C(C)(C)C)cs2)C(O)C1. The van der Waals surface area contributed by atoms with Crippen LogP contribution in [0.15, 0.2) is 17.6 Å². The van der Waals surface area contributed by atoms with Gasteiger partial charge >= 0.3 is 0 Å². The van der Waals surface area contributed by atoms with Crippen LogP contribution in [-0.4, -0.2) is 14.7 Å². The number of fused-ring (bicyclic) bond motifs is 1. The molecule has 0 saturated heterocycles. The number of aliphatic hydroxyl groups excluding tert-OH is 1. The summed E-state index contributed by atoms with van der Waals surface area (Å²) in [6.45, 7) is 11.0. The van der Waals surface area contributed by atoms with Crippen LogP contribution < -0.4 is 0 Å². The Balaban J connectivity index is 2.04. The van der Waals surface area contributed by atoms with Crippen LogP contribution in [0.5, 0.6) is 0 Å². The van der Waals surface area contributed by atoms with Gasteiger partial charge in [0.05, 0.1) is 11.8 Å². The lowest BCUT2D eigenvalue weighted by atomic mass is 9.75. The van der Waals surface area contributed by atoms with Gasteiger partial charge in [0.25, 0.3) is 0 Å². The first-order valence-corrected chi connectivity index (χ1v) is 8.40. The molecule has 1 N–H and O–H groups in total. The van der Waals surface area contributed by atoms with E-state index in [2.05, 4.69) is 50.8 Å². The maximum atomic E-state index is 10.4. The molecule has 0 amide bonds. The zero-order valence-electron chi connectivity index (χ0n) is 13.5. The highest BCUT2D eigenvalue weighted by Gasteiger charge is 2.34. The van der Waals surface area contributed by atoms with Gasteiger partial charge in [-0.25, -0.2) is 4.98 Å². The quantitative estimate of drug-likeness (QED) is 0.856. The summed E-state index contributed by atoms with van der Waals surface area (Å²) in [5.41, 5.74) is 3.61. The smallest absolute Gasteiger partial charge is 0.193 e. The van der Waals surface area contributed by atoms with Crippen molar-refractivity contribution in [1.82, 2.24) is 9.55 Å².